The molecule has 0 radical (unpaired) electrons. The first kappa shape index (κ1) is 20.4. The van der Waals surface area contributed by atoms with Crippen LogP contribution in [-0.2, 0) is 16.8 Å². The summed E-state index contributed by atoms with van der Waals surface area (Å²) < 4.78 is 6.87. The molecular formula is C22H29N5O3. The Morgan fingerprint density at radius 3 is 2.47 bits per heavy atom. The smallest absolute Gasteiger partial charge is 0.276 e. The van der Waals surface area contributed by atoms with Gasteiger partial charge in [0.05, 0.1) is 25.3 Å². The zero-order valence-electron chi connectivity index (χ0n) is 17.5. The lowest BCUT2D eigenvalue weighted by atomic mass is 9.78. The molecule has 1 aromatic heterocycles. The van der Waals surface area contributed by atoms with E-state index in [1.807, 2.05) is 29.2 Å². The molecule has 1 N–H and O–H groups in total. The molecule has 2 aliphatic rings. The van der Waals surface area contributed by atoms with Gasteiger partial charge in [-0.25, -0.2) is 4.68 Å². The summed E-state index contributed by atoms with van der Waals surface area (Å²) in [5.74, 6) is 0.781. The van der Waals surface area contributed by atoms with E-state index in [9.17, 15) is 9.59 Å². The predicted molar refractivity (Wildman–Crippen MR) is 111 cm³/mol. The predicted octanol–water partition coefficient (Wildman–Crippen LogP) is 2.15. The number of ether oxygens (including phenoxy) is 1. The van der Waals surface area contributed by atoms with Gasteiger partial charge in [0.1, 0.15) is 5.75 Å². The molecule has 1 aromatic carbocycles. The Kier molecular flexibility index (Phi) is 6.01. The summed E-state index contributed by atoms with van der Waals surface area (Å²) >= 11 is 0. The number of hydrogen-bond donors (Lipinski definition) is 1. The summed E-state index contributed by atoms with van der Waals surface area (Å²) in [4.78, 5) is 27.4. The van der Waals surface area contributed by atoms with Crippen LogP contribution in [0.25, 0.3) is 0 Å². The number of carbonyl (C=O) groups is 2. The Morgan fingerprint density at radius 1 is 1.10 bits per heavy atom. The van der Waals surface area contributed by atoms with Crippen LogP contribution in [0.5, 0.6) is 5.75 Å². The number of hydrogen-bond acceptors (Lipinski definition) is 5. The van der Waals surface area contributed by atoms with Gasteiger partial charge in [0.25, 0.3) is 5.91 Å². The van der Waals surface area contributed by atoms with Crippen LogP contribution in [0, 0.1) is 0 Å². The number of aromatic nitrogens is 3. The third-order valence-corrected chi connectivity index (χ3v) is 6.31. The Balaban J connectivity index is 1.36. The third kappa shape index (κ3) is 4.04. The van der Waals surface area contributed by atoms with Crippen LogP contribution in [-0.4, -0.2) is 58.5 Å². The molecule has 1 aliphatic heterocycles. The van der Waals surface area contributed by atoms with Crippen LogP contribution in [0.2, 0.25) is 0 Å². The summed E-state index contributed by atoms with van der Waals surface area (Å²) in [6.45, 7) is 2.49. The van der Waals surface area contributed by atoms with Crippen molar-refractivity contribution in [1.29, 1.82) is 0 Å². The van der Waals surface area contributed by atoms with Crippen molar-refractivity contribution < 1.29 is 14.3 Å². The summed E-state index contributed by atoms with van der Waals surface area (Å²) in [7, 11) is 1.64. The lowest BCUT2D eigenvalue weighted by Gasteiger charge is -2.28. The average molecular weight is 412 g/mol. The fourth-order valence-corrected chi connectivity index (χ4v) is 4.58. The highest BCUT2D eigenvalue weighted by molar-refractivity contribution is 5.92. The molecule has 1 aliphatic carbocycles. The topological polar surface area (TPSA) is 89.4 Å². The van der Waals surface area contributed by atoms with E-state index in [1.54, 1.807) is 18.0 Å². The molecule has 0 atom stereocenters. The number of likely N-dealkylation sites (tertiary alicyclic amines) is 1. The molecule has 30 heavy (non-hydrogen) atoms. The van der Waals surface area contributed by atoms with Crippen LogP contribution in [0.3, 0.4) is 0 Å². The van der Waals surface area contributed by atoms with E-state index in [-0.39, 0.29) is 11.8 Å². The Morgan fingerprint density at radius 2 is 1.80 bits per heavy atom. The molecule has 160 valence electrons. The molecule has 2 heterocycles. The molecule has 4 rings (SSSR count). The second-order valence-electron chi connectivity index (χ2n) is 8.14. The molecule has 2 amide bonds. The molecule has 2 fully saturated rings. The summed E-state index contributed by atoms with van der Waals surface area (Å²) in [5, 5.41) is 11.1. The van der Waals surface area contributed by atoms with Gasteiger partial charge in [-0.3, -0.25) is 9.59 Å². The molecule has 0 unspecified atom stereocenters. The largest absolute Gasteiger partial charge is 0.497 e. The maximum Gasteiger partial charge on any atom is 0.276 e. The normalized spacial score (nSPS) is 17.8. The lowest BCUT2D eigenvalue weighted by molar-refractivity contribution is -0.126. The first-order chi connectivity index (χ1) is 14.6. The van der Waals surface area contributed by atoms with Crippen molar-refractivity contribution in [1.82, 2.24) is 25.2 Å². The zero-order chi connectivity index (χ0) is 21.0. The van der Waals surface area contributed by atoms with Gasteiger partial charge in [0.15, 0.2) is 5.69 Å². The van der Waals surface area contributed by atoms with E-state index in [0.717, 1.165) is 62.9 Å². The molecule has 0 spiro atoms. The number of benzene rings is 1. The lowest BCUT2D eigenvalue weighted by Crippen LogP contribution is -2.43. The van der Waals surface area contributed by atoms with Crippen molar-refractivity contribution >= 4 is 11.8 Å². The fourth-order valence-electron chi connectivity index (χ4n) is 4.58. The van der Waals surface area contributed by atoms with E-state index in [2.05, 4.69) is 15.6 Å². The molecule has 8 heteroatoms. The second-order valence-corrected chi connectivity index (χ2v) is 8.14. The number of amides is 2. The van der Waals surface area contributed by atoms with Crippen LogP contribution < -0.4 is 10.1 Å². The van der Waals surface area contributed by atoms with Gasteiger partial charge in [-0.15, -0.1) is 5.10 Å². The minimum Gasteiger partial charge on any atom is -0.497 e. The van der Waals surface area contributed by atoms with Crippen molar-refractivity contribution in [2.24, 2.45) is 0 Å². The van der Waals surface area contributed by atoms with Gasteiger partial charge in [0.2, 0.25) is 5.91 Å². The van der Waals surface area contributed by atoms with E-state index in [0.29, 0.717) is 18.8 Å². The van der Waals surface area contributed by atoms with Gasteiger partial charge in [0, 0.05) is 19.6 Å². The van der Waals surface area contributed by atoms with Gasteiger partial charge < -0.3 is 15.0 Å². The third-order valence-electron chi connectivity index (χ3n) is 6.31. The van der Waals surface area contributed by atoms with Crippen molar-refractivity contribution in [2.75, 3.05) is 26.7 Å². The van der Waals surface area contributed by atoms with Crippen LogP contribution in [0.1, 0.15) is 54.6 Å². The average Bonchev–Trinajstić information content (AvgIpc) is 3.55. The highest BCUT2D eigenvalue weighted by Crippen LogP contribution is 2.41. The quantitative estimate of drug-likeness (QED) is 0.754. The van der Waals surface area contributed by atoms with Gasteiger partial charge in [-0.05, 0) is 43.4 Å². The first-order valence-electron chi connectivity index (χ1n) is 10.7. The minimum absolute atomic E-state index is 0.0543. The van der Waals surface area contributed by atoms with Crippen LogP contribution in [0.15, 0.2) is 30.5 Å². The van der Waals surface area contributed by atoms with Crippen molar-refractivity contribution in [3.05, 3.63) is 41.7 Å². The number of nitrogens with one attached hydrogen (secondary N) is 1. The van der Waals surface area contributed by atoms with Crippen LogP contribution >= 0.6 is 0 Å². The maximum absolute atomic E-state index is 13.2. The number of rotatable bonds is 7. The van der Waals surface area contributed by atoms with Crippen molar-refractivity contribution in [3.63, 3.8) is 0 Å². The molecule has 8 nitrogen and oxygen atoms in total. The minimum atomic E-state index is -0.481. The molecule has 1 saturated carbocycles. The van der Waals surface area contributed by atoms with Gasteiger partial charge in [-0.2, -0.15) is 0 Å². The van der Waals surface area contributed by atoms with E-state index < -0.39 is 5.41 Å². The molecule has 1 saturated heterocycles. The van der Waals surface area contributed by atoms with Crippen LogP contribution in [0.4, 0.5) is 0 Å². The Bertz CT molecular complexity index is 880. The van der Waals surface area contributed by atoms with Gasteiger partial charge >= 0.3 is 0 Å². The summed E-state index contributed by atoms with van der Waals surface area (Å²) in [5.41, 5.74) is 0.928. The molecular weight excluding hydrogens is 382 g/mol. The van der Waals surface area contributed by atoms with E-state index in [4.69, 9.17) is 4.74 Å². The van der Waals surface area contributed by atoms with E-state index in [1.165, 1.54) is 0 Å². The highest BCUT2D eigenvalue weighted by atomic mass is 16.5. The molecule has 0 bridgehead atoms. The Hall–Kier alpha value is -2.90. The first-order valence-corrected chi connectivity index (χ1v) is 10.7. The SMILES string of the molecule is COc1ccc(C2(C(=O)NCCn3cc(C(=O)N4CCCC4)nn3)CCCC2)cc1. The van der Waals surface area contributed by atoms with E-state index >= 15 is 0 Å². The maximum atomic E-state index is 13.2. The van der Waals surface area contributed by atoms with Crippen molar-refractivity contribution in [3.8, 4) is 5.75 Å². The summed E-state index contributed by atoms with van der Waals surface area (Å²) in [6, 6.07) is 7.82. The monoisotopic (exact) mass is 411 g/mol. The molecule has 2 aromatic rings. The Labute approximate surface area is 176 Å². The fraction of sp³-hybridized carbons (Fsp3) is 0.545. The summed E-state index contributed by atoms with van der Waals surface area (Å²) in [6.07, 6.45) is 7.55. The van der Waals surface area contributed by atoms with Gasteiger partial charge in [-0.1, -0.05) is 30.2 Å². The standard InChI is InChI=1S/C22H29N5O3/c1-30-18-8-6-17(7-9-18)22(10-2-3-11-22)21(29)23-12-15-27-16-19(24-25-27)20(28)26-13-4-5-14-26/h6-9,16H,2-5,10-15H2,1H3,(H,23,29). The number of methoxy groups -OCH3 is 1. The highest BCUT2D eigenvalue weighted by Gasteiger charge is 2.42. The second kappa shape index (κ2) is 8.85. The van der Waals surface area contributed by atoms with Crippen molar-refractivity contribution in [2.45, 2.75) is 50.5 Å². The number of nitrogens with zero attached hydrogens (tertiary/aromatic N) is 4. The number of carbonyl (C=O) groups excluding carboxylic acids is 2. The zero-order valence-corrected chi connectivity index (χ0v) is 17.5.